The minimum atomic E-state index is -0.0102. The van der Waals surface area contributed by atoms with Gasteiger partial charge in [-0.25, -0.2) is 0 Å². The van der Waals surface area contributed by atoms with Gasteiger partial charge in [-0.1, -0.05) is 47.5 Å². The van der Waals surface area contributed by atoms with Gasteiger partial charge in [0.15, 0.2) is 0 Å². The van der Waals surface area contributed by atoms with Crippen molar-refractivity contribution in [3.63, 3.8) is 0 Å². The third-order valence-corrected chi connectivity index (χ3v) is 4.52. The summed E-state index contributed by atoms with van der Waals surface area (Å²) in [5.41, 5.74) is 2.98. The molecule has 23 heavy (non-hydrogen) atoms. The standard InChI is InChI=1S/C19H23BrN2O/c1-3-4-13-22(2)17-11-9-16(10-12-17)21-19(23)14-15-7-5-6-8-18(15)20/h5-12H,3-4,13-14H2,1-2H3,(H,21,23). The van der Waals surface area contributed by atoms with Crippen molar-refractivity contribution in [2.24, 2.45) is 0 Å². The van der Waals surface area contributed by atoms with E-state index in [1.54, 1.807) is 0 Å². The lowest BCUT2D eigenvalue weighted by molar-refractivity contribution is -0.115. The Morgan fingerprint density at radius 2 is 1.83 bits per heavy atom. The minimum Gasteiger partial charge on any atom is -0.375 e. The number of benzene rings is 2. The highest BCUT2D eigenvalue weighted by Gasteiger charge is 2.07. The molecule has 0 saturated heterocycles. The van der Waals surface area contributed by atoms with Crippen LogP contribution >= 0.6 is 15.9 Å². The number of carbonyl (C=O) groups excluding carboxylic acids is 1. The van der Waals surface area contributed by atoms with Crippen LogP contribution in [0.1, 0.15) is 25.3 Å². The summed E-state index contributed by atoms with van der Waals surface area (Å²) in [6, 6.07) is 15.8. The van der Waals surface area contributed by atoms with Crippen molar-refractivity contribution in [1.82, 2.24) is 0 Å². The summed E-state index contributed by atoms with van der Waals surface area (Å²) in [5, 5.41) is 2.95. The van der Waals surface area contributed by atoms with Crippen molar-refractivity contribution in [3.8, 4) is 0 Å². The Hall–Kier alpha value is -1.81. The van der Waals surface area contributed by atoms with Crippen LogP contribution < -0.4 is 10.2 Å². The molecule has 0 aliphatic heterocycles. The average molecular weight is 375 g/mol. The molecule has 122 valence electrons. The normalized spacial score (nSPS) is 10.4. The first-order valence-corrected chi connectivity index (χ1v) is 8.74. The number of amides is 1. The number of nitrogens with one attached hydrogen (secondary N) is 1. The predicted molar refractivity (Wildman–Crippen MR) is 101 cm³/mol. The lowest BCUT2D eigenvalue weighted by Crippen LogP contribution is -2.18. The molecule has 0 spiro atoms. The number of anilines is 2. The third kappa shape index (κ3) is 5.39. The van der Waals surface area contributed by atoms with Crippen LogP contribution in [0.3, 0.4) is 0 Å². The summed E-state index contributed by atoms with van der Waals surface area (Å²) in [7, 11) is 2.09. The molecular weight excluding hydrogens is 352 g/mol. The highest BCUT2D eigenvalue weighted by molar-refractivity contribution is 9.10. The van der Waals surface area contributed by atoms with Gasteiger partial charge >= 0.3 is 0 Å². The number of hydrogen-bond acceptors (Lipinski definition) is 2. The van der Waals surface area contributed by atoms with Crippen molar-refractivity contribution in [2.45, 2.75) is 26.2 Å². The van der Waals surface area contributed by atoms with Gasteiger partial charge in [-0.15, -0.1) is 0 Å². The van der Waals surface area contributed by atoms with E-state index in [2.05, 4.69) is 40.1 Å². The summed E-state index contributed by atoms with van der Waals surface area (Å²) in [5.74, 6) is -0.0102. The molecule has 0 atom stereocenters. The van der Waals surface area contributed by atoms with Crippen LogP contribution in [0.5, 0.6) is 0 Å². The molecule has 0 fully saturated rings. The zero-order chi connectivity index (χ0) is 16.7. The summed E-state index contributed by atoms with van der Waals surface area (Å²) < 4.78 is 0.961. The Morgan fingerprint density at radius 1 is 1.13 bits per heavy atom. The second-order valence-corrected chi connectivity index (χ2v) is 6.49. The quantitative estimate of drug-likeness (QED) is 0.749. The molecule has 0 heterocycles. The van der Waals surface area contributed by atoms with E-state index in [0.29, 0.717) is 6.42 Å². The van der Waals surface area contributed by atoms with Gasteiger partial charge in [0.2, 0.25) is 5.91 Å². The van der Waals surface area contributed by atoms with Gasteiger partial charge in [-0.3, -0.25) is 4.79 Å². The average Bonchev–Trinajstić information content (AvgIpc) is 2.55. The highest BCUT2D eigenvalue weighted by Crippen LogP contribution is 2.19. The first-order chi connectivity index (χ1) is 11.1. The molecule has 2 rings (SSSR count). The van der Waals surface area contributed by atoms with Gasteiger partial charge in [-0.05, 0) is 42.3 Å². The molecule has 0 bridgehead atoms. The first kappa shape index (κ1) is 17.5. The van der Waals surface area contributed by atoms with Crippen LogP contribution in [0, 0.1) is 0 Å². The molecule has 0 aromatic heterocycles. The zero-order valence-electron chi connectivity index (χ0n) is 13.7. The largest absolute Gasteiger partial charge is 0.375 e. The van der Waals surface area contributed by atoms with E-state index in [1.165, 1.54) is 18.5 Å². The van der Waals surface area contributed by atoms with Crippen molar-refractivity contribution < 1.29 is 4.79 Å². The second-order valence-electron chi connectivity index (χ2n) is 5.64. The zero-order valence-corrected chi connectivity index (χ0v) is 15.3. The number of rotatable bonds is 7. The van der Waals surface area contributed by atoms with Crippen LogP contribution in [0.2, 0.25) is 0 Å². The number of halogens is 1. The van der Waals surface area contributed by atoms with E-state index in [1.807, 2.05) is 48.5 Å². The van der Waals surface area contributed by atoms with Crippen molar-refractivity contribution in [2.75, 3.05) is 23.8 Å². The number of unbranched alkanes of at least 4 members (excludes halogenated alkanes) is 1. The maximum atomic E-state index is 12.2. The Labute approximate surface area is 146 Å². The van der Waals surface area contributed by atoms with Gasteiger partial charge in [0.25, 0.3) is 0 Å². The Bertz CT molecular complexity index is 640. The fourth-order valence-electron chi connectivity index (χ4n) is 2.34. The highest BCUT2D eigenvalue weighted by atomic mass is 79.9. The summed E-state index contributed by atoms with van der Waals surface area (Å²) in [6.45, 7) is 3.24. The fraction of sp³-hybridized carbons (Fsp3) is 0.316. The van der Waals surface area contributed by atoms with E-state index in [-0.39, 0.29) is 5.91 Å². The van der Waals surface area contributed by atoms with Crippen LogP contribution in [0.25, 0.3) is 0 Å². The fourth-order valence-corrected chi connectivity index (χ4v) is 2.77. The van der Waals surface area contributed by atoms with E-state index in [9.17, 15) is 4.79 Å². The number of nitrogens with zero attached hydrogens (tertiary/aromatic N) is 1. The maximum Gasteiger partial charge on any atom is 0.228 e. The first-order valence-electron chi connectivity index (χ1n) is 7.94. The molecule has 3 nitrogen and oxygen atoms in total. The Balaban J connectivity index is 1.93. The summed E-state index contributed by atoms with van der Waals surface area (Å²) in [4.78, 5) is 14.4. The minimum absolute atomic E-state index is 0.0102. The molecule has 0 radical (unpaired) electrons. The molecule has 0 unspecified atom stereocenters. The van der Waals surface area contributed by atoms with Crippen molar-refractivity contribution in [3.05, 3.63) is 58.6 Å². The van der Waals surface area contributed by atoms with Crippen molar-refractivity contribution in [1.29, 1.82) is 0 Å². The predicted octanol–water partition coefficient (Wildman–Crippen LogP) is 4.87. The lowest BCUT2D eigenvalue weighted by atomic mass is 10.1. The molecule has 2 aromatic rings. The SMILES string of the molecule is CCCCN(C)c1ccc(NC(=O)Cc2ccccc2Br)cc1. The molecule has 0 saturated carbocycles. The molecule has 1 amide bonds. The maximum absolute atomic E-state index is 12.2. The second kappa shape index (κ2) is 8.73. The van der Waals surface area contributed by atoms with Gasteiger partial charge in [0.1, 0.15) is 0 Å². The topological polar surface area (TPSA) is 32.3 Å². The smallest absolute Gasteiger partial charge is 0.228 e. The molecule has 0 aliphatic rings. The molecule has 1 N–H and O–H groups in total. The van der Waals surface area contributed by atoms with Crippen molar-refractivity contribution >= 4 is 33.2 Å². The van der Waals surface area contributed by atoms with Crippen LogP contribution in [-0.4, -0.2) is 19.5 Å². The monoisotopic (exact) mass is 374 g/mol. The van der Waals surface area contributed by atoms with E-state index in [0.717, 1.165) is 22.3 Å². The summed E-state index contributed by atoms with van der Waals surface area (Å²) >= 11 is 3.47. The van der Waals surface area contributed by atoms with E-state index >= 15 is 0 Å². The van der Waals surface area contributed by atoms with Gasteiger partial charge in [-0.2, -0.15) is 0 Å². The van der Waals surface area contributed by atoms with Gasteiger partial charge < -0.3 is 10.2 Å². The van der Waals surface area contributed by atoms with Crippen LogP contribution in [0.4, 0.5) is 11.4 Å². The molecular formula is C19H23BrN2O. The van der Waals surface area contributed by atoms with E-state index < -0.39 is 0 Å². The number of hydrogen-bond donors (Lipinski definition) is 1. The molecule has 0 aliphatic carbocycles. The van der Waals surface area contributed by atoms with Gasteiger partial charge in [0, 0.05) is 29.4 Å². The van der Waals surface area contributed by atoms with Crippen LogP contribution in [-0.2, 0) is 11.2 Å². The molecule has 2 aromatic carbocycles. The number of carbonyl (C=O) groups is 1. The Kier molecular flexibility index (Phi) is 6.66. The lowest BCUT2D eigenvalue weighted by Gasteiger charge is -2.19. The molecule has 4 heteroatoms. The van der Waals surface area contributed by atoms with Gasteiger partial charge in [0.05, 0.1) is 6.42 Å². The summed E-state index contributed by atoms with van der Waals surface area (Å²) in [6.07, 6.45) is 2.73. The Morgan fingerprint density at radius 3 is 2.48 bits per heavy atom. The van der Waals surface area contributed by atoms with E-state index in [4.69, 9.17) is 0 Å². The van der Waals surface area contributed by atoms with Crippen LogP contribution in [0.15, 0.2) is 53.0 Å². The third-order valence-electron chi connectivity index (χ3n) is 3.75.